The molecule has 1 aliphatic carbocycles. The molecule has 2 N–H and O–H groups in total. The Bertz CT molecular complexity index is 280. The van der Waals surface area contributed by atoms with E-state index in [1.165, 1.54) is 19.3 Å². The summed E-state index contributed by atoms with van der Waals surface area (Å²) in [7, 11) is 0. The highest BCUT2D eigenvalue weighted by Crippen LogP contribution is 2.34. The third kappa shape index (κ3) is 3.25. The Balaban J connectivity index is 1.99. The fourth-order valence-electron chi connectivity index (χ4n) is 3.59. The van der Waals surface area contributed by atoms with Crippen LogP contribution in [0.5, 0.6) is 0 Å². The molecule has 3 nitrogen and oxygen atoms in total. The highest BCUT2D eigenvalue weighted by molar-refractivity contribution is 4.90. The Kier molecular flexibility index (Phi) is 4.35. The van der Waals surface area contributed by atoms with Crippen LogP contribution in [0, 0.1) is 11.8 Å². The van der Waals surface area contributed by atoms with E-state index < -0.39 is 0 Å². The lowest BCUT2D eigenvalue weighted by Crippen LogP contribution is -2.58. The van der Waals surface area contributed by atoms with Crippen molar-refractivity contribution in [2.24, 2.45) is 17.6 Å². The SMILES string of the molecule is CC1CCC(N2CC(CN)OC(C)(C)C2)CC1C. The molecule has 1 heterocycles. The van der Waals surface area contributed by atoms with Crippen LogP contribution in [0.4, 0.5) is 0 Å². The molecular formula is C15H30N2O. The second-order valence-corrected chi connectivity index (χ2v) is 7.09. The minimum absolute atomic E-state index is 0.0470. The van der Waals surface area contributed by atoms with E-state index in [9.17, 15) is 0 Å². The van der Waals surface area contributed by atoms with Gasteiger partial charge in [0, 0.05) is 25.7 Å². The summed E-state index contributed by atoms with van der Waals surface area (Å²) in [4.78, 5) is 2.64. The first-order valence-electron chi connectivity index (χ1n) is 7.53. The van der Waals surface area contributed by atoms with Crippen LogP contribution in [0.1, 0.15) is 47.0 Å². The van der Waals surface area contributed by atoms with Crippen LogP contribution >= 0.6 is 0 Å². The van der Waals surface area contributed by atoms with Crippen molar-refractivity contribution in [3.05, 3.63) is 0 Å². The summed E-state index contributed by atoms with van der Waals surface area (Å²) in [5.74, 6) is 1.74. The Labute approximate surface area is 112 Å². The predicted molar refractivity (Wildman–Crippen MR) is 75.5 cm³/mol. The van der Waals surface area contributed by atoms with E-state index in [0.717, 1.165) is 31.0 Å². The van der Waals surface area contributed by atoms with Crippen molar-refractivity contribution in [2.75, 3.05) is 19.6 Å². The van der Waals surface area contributed by atoms with Gasteiger partial charge in [-0.2, -0.15) is 0 Å². The van der Waals surface area contributed by atoms with Crippen LogP contribution in [-0.4, -0.2) is 42.3 Å². The summed E-state index contributed by atoms with van der Waals surface area (Å²) in [5, 5.41) is 0. The van der Waals surface area contributed by atoms with E-state index in [1.807, 2.05) is 0 Å². The van der Waals surface area contributed by atoms with E-state index >= 15 is 0 Å². The summed E-state index contributed by atoms with van der Waals surface area (Å²) in [6, 6.07) is 0.744. The Morgan fingerprint density at radius 1 is 1.22 bits per heavy atom. The van der Waals surface area contributed by atoms with Gasteiger partial charge in [-0.05, 0) is 44.9 Å². The molecule has 0 radical (unpaired) electrons. The number of hydrogen-bond acceptors (Lipinski definition) is 3. The summed E-state index contributed by atoms with van der Waals surface area (Å²) in [6.45, 7) is 11.9. The zero-order chi connectivity index (χ0) is 13.3. The first-order valence-corrected chi connectivity index (χ1v) is 7.53. The van der Waals surface area contributed by atoms with Crippen LogP contribution in [0.25, 0.3) is 0 Å². The van der Waals surface area contributed by atoms with Crippen LogP contribution in [-0.2, 0) is 4.74 Å². The molecule has 0 aromatic heterocycles. The molecule has 18 heavy (non-hydrogen) atoms. The Morgan fingerprint density at radius 3 is 2.56 bits per heavy atom. The maximum absolute atomic E-state index is 6.03. The standard InChI is InChI=1S/C15H30N2O/c1-11-5-6-13(7-12(11)2)17-9-14(8-16)18-15(3,4)10-17/h11-14H,5-10,16H2,1-4H3. The van der Waals surface area contributed by atoms with E-state index in [1.54, 1.807) is 0 Å². The van der Waals surface area contributed by atoms with Gasteiger partial charge in [0.05, 0.1) is 11.7 Å². The van der Waals surface area contributed by atoms with Gasteiger partial charge in [0.1, 0.15) is 0 Å². The second kappa shape index (κ2) is 5.48. The number of morpholine rings is 1. The van der Waals surface area contributed by atoms with Gasteiger partial charge in [-0.15, -0.1) is 0 Å². The monoisotopic (exact) mass is 254 g/mol. The smallest absolute Gasteiger partial charge is 0.0831 e. The first kappa shape index (κ1) is 14.3. The second-order valence-electron chi connectivity index (χ2n) is 7.09. The van der Waals surface area contributed by atoms with Crippen LogP contribution in [0.2, 0.25) is 0 Å². The Morgan fingerprint density at radius 2 is 1.94 bits per heavy atom. The fraction of sp³-hybridized carbons (Fsp3) is 1.00. The lowest BCUT2D eigenvalue weighted by molar-refractivity contribution is -0.145. The van der Waals surface area contributed by atoms with Gasteiger partial charge < -0.3 is 10.5 Å². The normalized spacial score (nSPS) is 41.8. The molecule has 0 bridgehead atoms. The molecule has 4 unspecified atom stereocenters. The maximum Gasteiger partial charge on any atom is 0.0831 e. The molecule has 106 valence electrons. The van der Waals surface area contributed by atoms with Gasteiger partial charge in [-0.3, -0.25) is 4.90 Å². The first-order chi connectivity index (χ1) is 8.41. The van der Waals surface area contributed by atoms with Gasteiger partial charge in [0.2, 0.25) is 0 Å². The molecular weight excluding hydrogens is 224 g/mol. The zero-order valence-corrected chi connectivity index (χ0v) is 12.5. The minimum atomic E-state index is -0.0470. The van der Waals surface area contributed by atoms with Gasteiger partial charge in [0.25, 0.3) is 0 Å². The lowest BCUT2D eigenvalue weighted by atomic mass is 9.78. The van der Waals surface area contributed by atoms with Crippen molar-refractivity contribution in [2.45, 2.75) is 64.7 Å². The molecule has 4 atom stereocenters. The molecule has 3 heteroatoms. The molecule has 0 spiro atoms. The average Bonchev–Trinajstić information content (AvgIpc) is 2.30. The Hall–Kier alpha value is -0.120. The molecule has 0 aromatic rings. The number of nitrogens with two attached hydrogens (primary N) is 1. The summed E-state index contributed by atoms with van der Waals surface area (Å²) in [6.07, 6.45) is 4.27. The molecule has 2 fully saturated rings. The average molecular weight is 254 g/mol. The van der Waals surface area contributed by atoms with Crippen molar-refractivity contribution in [1.82, 2.24) is 4.90 Å². The van der Waals surface area contributed by atoms with Crippen molar-refractivity contribution in [3.8, 4) is 0 Å². The fourth-order valence-corrected chi connectivity index (χ4v) is 3.59. The van der Waals surface area contributed by atoms with Crippen molar-refractivity contribution >= 4 is 0 Å². The van der Waals surface area contributed by atoms with E-state index in [-0.39, 0.29) is 11.7 Å². The molecule has 1 saturated heterocycles. The molecule has 2 aliphatic rings. The number of hydrogen-bond donors (Lipinski definition) is 1. The third-order valence-electron chi connectivity index (χ3n) is 4.86. The van der Waals surface area contributed by atoms with E-state index in [2.05, 4.69) is 32.6 Å². The van der Waals surface area contributed by atoms with Gasteiger partial charge >= 0.3 is 0 Å². The van der Waals surface area contributed by atoms with Gasteiger partial charge in [-0.25, -0.2) is 0 Å². The number of rotatable bonds is 2. The quantitative estimate of drug-likeness (QED) is 0.821. The van der Waals surface area contributed by atoms with Crippen molar-refractivity contribution < 1.29 is 4.74 Å². The predicted octanol–water partition coefficient (Wildman–Crippen LogP) is 2.25. The number of nitrogens with zero attached hydrogens (tertiary/aromatic N) is 1. The van der Waals surface area contributed by atoms with Crippen molar-refractivity contribution in [1.29, 1.82) is 0 Å². The molecule has 0 amide bonds. The van der Waals surface area contributed by atoms with Crippen LogP contribution < -0.4 is 5.73 Å². The summed E-state index contributed by atoms with van der Waals surface area (Å²) < 4.78 is 6.03. The van der Waals surface area contributed by atoms with Crippen molar-refractivity contribution in [3.63, 3.8) is 0 Å². The molecule has 2 rings (SSSR count). The maximum atomic E-state index is 6.03. The molecule has 1 saturated carbocycles. The largest absolute Gasteiger partial charge is 0.368 e. The van der Waals surface area contributed by atoms with Gasteiger partial charge in [0.15, 0.2) is 0 Å². The van der Waals surface area contributed by atoms with Crippen LogP contribution in [0.3, 0.4) is 0 Å². The topological polar surface area (TPSA) is 38.5 Å². The van der Waals surface area contributed by atoms with E-state index in [4.69, 9.17) is 10.5 Å². The van der Waals surface area contributed by atoms with Crippen LogP contribution in [0.15, 0.2) is 0 Å². The molecule has 0 aromatic carbocycles. The summed E-state index contributed by atoms with van der Waals surface area (Å²) in [5.41, 5.74) is 5.77. The van der Waals surface area contributed by atoms with E-state index in [0.29, 0.717) is 6.54 Å². The zero-order valence-electron chi connectivity index (χ0n) is 12.5. The minimum Gasteiger partial charge on any atom is -0.368 e. The lowest BCUT2D eigenvalue weighted by Gasteiger charge is -2.48. The van der Waals surface area contributed by atoms with Gasteiger partial charge in [-0.1, -0.05) is 13.8 Å². The summed E-state index contributed by atoms with van der Waals surface area (Å²) >= 11 is 0. The highest BCUT2D eigenvalue weighted by atomic mass is 16.5. The highest BCUT2D eigenvalue weighted by Gasteiger charge is 2.37. The molecule has 1 aliphatic heterocycles. The number of ether oxygens (including phenoxy) is 1. The third-order valence-corrected chi connectivity index (χ3v) is 4.86.